The van der Waals surface area contributed by atoms with E-state index in [4.69, 9.17) is 0 Å². The Morgan fingerprint density at radius 2 is 1.96 bits per heavy atom. The number of rotatable bonds is 5. The highest BCUT2D eigenvalue weighted by Gasteiger charge is 2.23. The van der Waals surface area contributed by atoms with Crippen LogP contribution in [0.3, 0.4) is 0 Å². The number of piperidine rings is 1. The lowest BCUT2D eigenvalue weighted by molar-refractivity contribution is 0.169. The van der Waals surface area contributed by atoms with Crippen molar-refractivity contribution in [2.45, 2.75) is 38.5 Å². The quantitative estimate of drug-likeness (QED) is 0.751. The maximum atomic E-state index is 14.1. The van der Waals surface area contributed by atoms with E-state index in [1.807, 2.05) is 39.8 Å². The lowest BCUT2D eigenvalue weighted by Crippen LogP contribution is -2.34. The van der Waals surface area contributed by atoms with Crippen molar-refractivity contribution in [2.75, 3.05) is 13.1 Å². The zero-order valence-corrected chi connectivity index (χ0v) is 15.4. The first kappa shape index (κ1) is 17.9. The molecule has 1 N–H and O–H groups in total. The SMILES string of the molecule is CC(O)c1cn(C2CCN(Cc3cccn3-c3ccccc3F)CC2)nn1. The predicted molar refractivity (Wildman–Crippen MR) is 99.9 cm³/mol. The minimum absolute atomic E-state index is 0.214. The summed E-state index contributed by atoms with van der Waals surface area (Å²) in [5, 5.41) is 17.8. The highest BCUT2D eigenvalue weighted by molar-refractivity contribution is 5.36. The number of para-hydroxylation sites is 1. The number of halogens is 1. The van der Waals surface area contributed by atoms with Crippen molar-refractivity contribution in [3.05, 3.63) is 66.0 Å². The van der Waals surface area contributed by atoms with Gasteiger partial charge < -0.3 is 9.67 Å². The maximum absolute atomic E-state index is 14.1. The lowest BCUT2D eigenvalue weighted by atomic mass is 10.1. The van der Waals surface area contributed by atoms with Crippen molar-refractivity contribution in [2.24, 2.45) is 0 Å². The zero-order valence-electron chi connectivity index (χ0n) is 15.4. The second kappa shape index (κ2) is 7.62. The third kappa shape index (κ3) is 3.79. The van der Waals surface area contributed by atoms with Crippen LogP contribution in [0.15, 0.2) is 48.8 Å². The Morgan fingerprint density at radius 3 is 2.67 bits per heavy atom. The van der Waals surface area contributed by atoms with Gasteiger partial charge >= 0.3 is 0 Å². The van der Waals surface area contributed by atoms with Crippen LogP contribution in [0, 0.1) is 5.82 Å². The van der Waals surface area contributed by atoms with Gasteiger partial charge in [-0.05, 0) is 44.0 Å². The lowest BCUT2D eigenvalue weighted by Gasteiger charge is -2.32. The third-order valence-electron chi connectivity index (χ3n) is 5.22. The van der Waals surface area contributed by atoms with Gasteiger partial charge in [0.1, 0.15) is 11.5 Å². The first-order valence-electron chi connectivity index (χ1n) is 9.35. The first-order chi connectivity index (χ1) is 13.1. The maximum Gasteiger partial charge on any atom is 0.147 e. The van der Waals surface area contributed by atoms with Gasteiger partial charge in [0.05, 0.1) is 24.0 Å². The number of aromatic nitrogens is 4. The van der Waals surface area contributed by atoms with E-state index in [9.17, 15) is 9.50 Å². The molecule has 1 aliphatic heterocycles. The smallest absolute Gasteiger partial charge is 0.147 e. The standard InChI is InChI=1S/C20H24FN5O/c1-15(27)19-14-26(23-22-19)16-8-11-24(12-9-16)13-17-5-4-10-25(17)20-7-3-2-6-18(20)21/h2-7,10,14-16,27H,8-9,11-13H2,1H3. The van der Waals surface area contributed by atoms with Crippen LogP contribution in [0.5, 0.6) is 0 Å². The van der Waals surface area contributed by atoms with Gasteiger partial charge in [-0.25, -0.2) is 9.07 Å². The Kier molecular flexibility index (Phi) is 5.05. The molecule has 1 atom stereocenters. The molecule has 4 rings (SSSR count). The molecule has 6 nitrogen and oxygen atoms in total. The average Bonchev–Trinajstić information content (AvgIpc) is 3.33. The van der Waals surface area contributed by atoms with Gasteiger partial charge in [0.25, 0.3) is 0 Å². The summed E-state index contributed by atoms with van der Waals surface area (Å²) < 4.78 is 17.9. The molecule has 0 saturated carbocycles. The summed E-state index contributed by atoms with van der Waals surface area (Å²) in [5.41, 5.74) is 2.27. The van der Waals surface area contributed by atoms with Crippen LogP contribution < -0.4 is 0 Å². The monoisotopic (exact) mass is 369 g/mol. The van der Waals surface area contributed by atoms with Gasteiger partial charge in [-0.2, -0.15) is 0 Å². The van der Waals surface area contributed by atoms with Crippen molar-refractivity contribution in [3.8, 4) is 5.69 Å². The molecule has 142 valence electrons. The molecule has 27 heavy (non-hydrogen) atoms. The fourth-order valence-corrected chi connectivity index (χ4v) is 3.66. The number of nitrogens with zero attached hydrogens (tertiary/aromatic N) is 5. The van der Waals surface area contributed by atoms with Crippen LogP contribution in [0.25, 0.3) is 5.69 Å². The van der Waals surface area contributed by atoms with Crippen molar-refractivity contribution >= 4 is 0 Å². The molecule has 7 heteroatoms. The zero-order chi connectivity index (χ0) is 18.8. The van der Waals surface area contributed by atoms with E-state index < -0.39 is 6.10 Å². The normalized spacial score (nSPS) is 17.3. The minimum atomic E-state index is -0.593. The van der Waals surface area contributed by atoms with E-state index >= 15 is 0 Å². The van der Waals surface area contributed by atoms with E-state index in [1.165, 1.54) is 6.07 Å². The fraction of sp³-hybridized carbons (Fsp3) is 0.400. The molecule has 1 fully saturated rings. The molecule has 3 aromatic rings. The first-order valence-corrected chi connectivity index (χ1v) is 9.35. The van der Waals surface area contributed by atoms with Crippen LogP contribution >= 0.6 is 0 Å². The van der Waals surface area contributed by atoms with Crippen LogP contribution in [0.2, 0.25) is 0 Å². The Bertz CT molecular complexity index is 895. The summed E-state index contributed by atoms with van der Waals surface area (Å²) in [7, 11) is 0. The molecule has 1 aliphatic rings. The molecule has 2 aromatic heterocycles. The Hall–Kier alpha value is -2.51. The number of likely N-dealkylation sites (tertiary alicyclic amines) is 1. The number of hydrogen-bond donors (Lipinski definition) is 1. The molecular weight excluding hydrogens is 345 g/mol. The molecule has 1 unspecified atom stereocenters. The molecule has 0 radical (unpaired) electrons. The second-order valence-electron chi connectivity index (χ2n) is 7.13. The van der Waals surface area contributed by atoms with Gasteiger partial charge in [-0.1, -0.05) is 17.3 Å². The Morgan fingerprint density at radius 1 is 1.19 bits per heavy atom. The van der Waals surface area contributed by atoms with Crippen molar-refractivity contribution in [1.82, 2.24) is 24.5 Å². The van der Waals surface area contributed by atoms with Gasteiger partial charge in [0.2, 0.25) is 0 Å². The van der Waals surface area contributed by atoms with E-state index in [1.54, 1.807) is 19.1 Å². The number of aliphatic hydroxyl groups is 1. The van der Waals surface area contributed by atoms with Crippen molar-refractivity contribution < 1.29 is 9.50 Å². The molecular formula is C20H24FN5O. The average molecular weight is 369 g/mol. The third-order valence-corrected chi connectivity index (χ3v) is 5.22. The van der Waals surface area contributed by atoms with Gasteiger partial charge in [-0.15, -0.1) is 5.10 Å². The van der Waals surface area contributed by atoms with E-state index in [0.717, 1.165) is 38.2 Å². The summed E-state index contributed by atoms with van der Waals surface area (Å²) in [6.07, 6.45) is 5.11. The van der Waals surface area contributed by atoms with Gasteiger partial charge in [0.15, 0.2) is 0 Å². The summed E-state index contributed by atoms with van der Waals surface area (Å²) in [6, 6.07) is 11.2. The highest BCUT2D eigenvalue weighted by Crippen LogP contribution is 2.25. The van der Waals surface area contributed by atoms with Crippen LogP contribution in [0.1, 0.15) is 43.3 Å². The Balaban J connectivity index is 1.40. The highest BCUT2D eigenvalue weighted by atomic mass is 19.1. The molecule has 1 saturated heterocycles. The molecule has 0 spiro atoms. The number of hydrogen-bond acceptors (Lipinski definition) is 4. The fourth-order valence-electron chi connectivity index (χ4n) is 3.66. The Labute approximate surface area is 157 Å². The molecule has 0 aliphatic carbocycles. The van der Waals surface area contributed by atoms with Crippen LogP contribution in [-0.2, 0) is 6.54 Å². The molecule has 0 amide bonds. The van der Waals surface area contributed by atoms with Crippen LogP contribution in [0.4, 0.5) is 4.39 Å². The number of aliphatic hydroxyl groups excluding tert-OH is 1. The van der Waals surface area contributed by atoms with Gasteiger partial charge in [0, 0.05) is 31.5 Å². The molecule has 0 bridgehead atoms. The molecule has 1 aromatic carbocycles. The van der Waals surface area contributed by atoms with E-state index in [2.05, 4.69) is 15.2 Å². The number of benzene rings is 1. The minimum Gasteiger partial charge on any atom is -0.387 e. The van der Waals surface area contributed by atoms with E-state index in [-0.39, 0.29) is 5.82 Å². The topological polar surface area (TPSA) is 59.1 Å². The summed E-state index contributed by atoms with van der Waals surface area (Å²) in [6.45, 7) is 4.36. The summed E-state index contributed by atoms with van der Waals surface area (Å²) >= 11 is 0. The van der Waals surface area contributed by atoms with Crippen molar-refractivity contribution in [1.29, 1.82) is 0 Å². The summed E-state index contributed by atoms with van der Waals surface area (Å²) in [4.78, 5) is 2.38. The van der Waals surface area contributed by atoms with Crippen LogP contribution in [-0.4, -0.2) is 42.7 Å². The largest absolute Gasteiger partial charge is 0.387 e. The predicted octanol–water partition coefficient (Wildman–Crippen LogP) is 3.10. The second-order valence-corrected chi connectivity index (χ2v) is 7.13. The van der Waals surface area contributed by atoms with Gasteiger partial charge in [-0.3, -0.25) is 4.90 Å². The molecule has 3 heterocycles. The van der Waals surface area contributed by atoms with E-state index in [0.29, 0.717) is 17.4 Å². The summed E-state index contributed by atoms with van der Waals surface area (Å²) in [5.74, 6) is -0.214. The van der Waals surface area contributed by atoms with Crippen molar-refractivity contribution in [3.63, 3.8) is 0 Å².